The zero-order chi connectivity index (χ0) is 13.4. The highest BCUT2D eigenvalue weighted by molar-refractivity contribution is 5.83. The Balaban J connectivity index is 2.26. The molecule has 4 nitrogen and oxygen atoms in total. The monoisotopic (exact) mass is 253 g/mol. The summed E-state index contributed by atoms with van der Waals surface area (Å²) in [6, 6.07) is -0.779. The lowest BCUT2D eigenvalue weighted by Gasteiger charge is -2.14. The second-order valence-corrected chi connectivity index (χ2v) is 5.01. The number of hydrogen-bond donors (Lipinski definition) is 2. The van der Waals surface area contributed by atoms with Crippen molar-refractivity contribution in [2.24, 2.45) is 5.92 Å². The number of amides is 1. The minimum Gasteiger partial charge on any atom is -0.480 e. The lowest BCUT2D eigenvalue weighted by molar-refractivity contribution is -0.142. The predicted octanol–water partition coefficient (Wildman–Crippen LogP) is 2.49. The van der Waals surface area contributed by atoms with Crippen LogP contribution in [0.1, 0.15) is 51.4 Å². The van der Waals surface area contributed by atoms with E-state index in [9.17, 15) is 9.59 Å². The molecule has 4 heteroatoms. The average Bonchev–Trinajstić information content (AvgIpc) is 2.84. The van der Waals surface area contributed by atoms with Crippen molar-refractivity contribution in [1.29, 1.82) is 0 Å². The molecule has 1 amide bonds. The van der Waals surface area contributed by atoms with Crippen molar-refractivity contribution in [3.8, 4) is 0 Å². The Labute approximate surface area is 108 Å². The van der Waals surface area contributed by atoms with Gasteiger partial charge in [0.15, 0.2) is 0 Å². The van der Waals surface area contributed by atoms with Crippen molar-refractivity contribution in [2.75, 3.05) is 0 Å². The molecule has 1 unspecified atom stereocenters. The molecule has 0 aromatic rings. The van der Waals surface area contributed by atoms with Gasteiger partial charge in [-0.05, 0) is 25.2 Å². The summed E-state index contributed by atoms with van der Waals surface area (Å²) in [5.41, 5.74) is 0. The van der Waals surface area contributed by atoms with E-state index < -0.39 is 12.0 Å². The molecule has 0 aliphatic heterocycles. The first-order valence-corrected chi connectivity index (χ1v) is 6.76. The molecule has 0 heterocycles. The standard InChI is InChI=1S/C14H23NO3/c1-2-3-8-12(14(17)18)15-13(16)10-9-11-6-4-5-7-11/h2,11-12H,1,3-10H2,(H,15,16)(H,17,18). The van der Waals surface area contributed by atoms with Gasteiger partial charge in [0.25, 0.3) is 0 Å². The maximum Gasteiger partial charge on any atom is 0.326 e. The highest BCUT2D eigenvalue weighted by Gasteiger charge is 2.20. The molecule has 2 N–H and O–H groups in total. The van der Waals surface area contributed by atoms with E-state index in [0.717, 1.165) is 6.42 Å². The van der Waals surface area contributed by atoms with Crippen LogP contribution in [0.15, 0.2) is 12.7 Å². The van der Waals surface area contributed by atoms with Crippen LogP contribution in [0.3, 0.4) is 0 Å². The largest absolute Gasteiger partial charge is 0.480 e. The topological polar surface area (TPSA) is 66.4 Å². The third-order valence-electron chi connectivity index (χ3n) is 3.55. The Morgan fingerprint density at radius 1 is 1.39 bits per heavy atom. The second-order valence-electron chi connectivity index (χ2n) is 5.01. The highest BCUT2D eigenvalue weighted by atomic mass is 16.4. The molecule has 1 atom stereocenters. The Morgan fingerprint density at radius 2 is 2.06 bits per heavy atom. The predicted molar refractivity (Wildman–Crippen MR) is 70.2 cm³/mol. The molecule has 18 heavy (non-hydrogen) atoms. The number of hydrogen-bond acceptors (Lipinski definition) is 2. The van der Waals surface area contributed by atoms with Gasteiger partial charge in [0.2, 0.25) is 5.91 Å². The first-order valence-electron chi connectivity index (χ1n) is 6.76. The maximum atomic E-state index is 11.7. The molecule has 1 rings (SSSR count). The van der Waals surface area contributed by atoms with Gasteiger partial charge in [-0.1, -0.05) is 31.8 Å². The first kappa shape index (κ1) is 14.7. The second kappa shape index (κ2) is 7.90. The summed E-state index contributed by atoms with van der Waals surface area (Å²) >= 11 is 0. The molecule has 102 valence electrons. The van der Waals surface area contributed by atoms with E-state index in [2.05, 4.69) is 11.9 Å². The lowest BCUT2D eigenvalue weighted by atomic mass is 10.0. The van der Waals surface area contributed by atoms with Gasteiger partial charge in [-0.2, -0.15) is 0 Å². The minimum atomic E-state index is -0.967. The normalized spacial score (nSPS) is 17.3. The van der Waals surface area contributed by atoms with Crippen LogP contribution in [0.2, 0.25) is 0 Å². The van der Waals surface area contributed by atoms with Crippen LogP contribution in [0.5, 0.6) is 0 Å². The van der Waals surface area contributed by atoms with Crippen molar-refractivity contribution in [1.82, 2.24) is 5.32 Å². The SMILES string of the molecule is C=CCCC(NC(=O)CCC1CCCC1)C(=O)O. The molecule has 1 saturated carbocycles. The Morgan fingerprint density at radius 3 is 2.61 bits per heavy atom. The van der Waals surface area contributed by atoms with E-state index in [0.29, 0.717) is 25.2 Å². The summed E-state index contributed by atoms with van der Waals surface area (Å²) in [7, 11) is 0. The van der Waals surface area contributed by atoms with Gasteiger partial charge in [-0.3, -0.25) is 4.79 Å². The summed E-state index contributed by atoms with van der Waals surface area (Å²) in [5, 5.41) is 11.6. The molecule has 1 aliphatic rings. The fourth-order valence-corrected chi connectivity index (χ4v) is 2.44. The summed E-state index contributed by atoms with van der Waals surface area (Å²) in [4.78, 5) is 22.6. The number of aliphatic carboxylic acids is 1. The molecule has 0 saturated heterocycles. The number of carboxylic acid groups (broad SMARTS) is 1. The molecule has 0 aromatic carbocycles. The van der Waals surface area contributed by atoms with Crippen LogP contribution >= 0.6 is 0 Å². The minimum absolute atomic E-state index is 0.140. The first-order chi connectivity index (χ1) is 8.63. The Hall–Kier alpha value is -1.32. The van der Waals surface area contributed by atoms with E-state index in [1.165, 1.54) is 25.7 Å². The summed E-state index contributed by atoms with van der Waals surface area (Å²) in [6.07, 6.45) is 8.97. The van der Waals surface area contributed by atoms with E-state index in [4.69, 9.17) is 5.11 Å². The summed E-state index contributed by atoms with van der Waals surface area (Å²) < 4.78 is 0. The fraction of sp³-hybridized carbons (Fsp3) is 0.714. The van der Waals surface area contributed by atoms with Crippen molar-refractivity contribution < 1.29 is 14.7 Å². The van der Waals surface area contributed by atoms with Crippen molar-refractivity contribution in [3.63, 3.8) is 0 Å². The van der Waals surface area contributed by atoms with Crippen LogP contribution < -0.4 is 5.32 Å². The molecule has 0 aromatic heterocycles. The van der Waals surface area contributed by atoms with Crippen LogP contribution in [0.4, 0.5) is 0 Å². The quantitative estimate of drug-likeness (QED) is 0.653. The highest BCUT2D eigenvalue weighted by Crippen LogP contribution is 2.28. The van der Waals surface area contributed by atoms with Crippen LogP contribution in [-0.4, -0.2) is 23.0 Å². The third-order valence-corrected chi connectivity index (χ3v) is 3.55. The van der Waals surface area contributed by atoms with Crippen LogP contribution in [0, 0.1) is 5.92 Å². The maximum absolute atomic E-state index is 11.7. The molecular formula is C14H23NO3. The molecular weight excluding hydrogens is 230 g/mol. The number of carboxylic acids is 1. The zero-order valence-corrected chi connectivity index (χ0v) is 10.9. The number of carbonyl (C=O) groups excluding carboxylic acids is 1. The Kier molecular flexibility index (Phi) is 6.47. The van der Waals surface area contributed by atoms with Gasteiger partial charge in [-0.15, -0.1) is 6.58 Å². The average molecular weight is 253 g/mol. The number of allylic oxidation sites excluding steroid dienone is 1. The van der Waals surface area contributed by atoms with Gasteiger partial charge in [0.05, 0.1) is 0 Å². The van der Waals surface area contributed by atoms with E-state index in [1.54, 1.807) is 6.08 Å². The van der Waals surface area contributed by atoms with E-state index in [-0.39, 0.29) is 5.91 Å². The lowest BCUT2D eigenvalue weighted by Crippen LogP contribution is -2.40. The van der Waals surface area contributed by atoms with E-state index >= 15 is 0 Å². The van der Waals surface area contributed by atoms with Gasteiger partial charge in [0.1, 0.15) is 6.04 Å². The van der Waals surface area contributed by atoms with Crippen LogP contribution in [-0.2, 0) is 9.59 Å². The number of rotatable bonds is 8. The molecule has 1 fully saturated rings. The Bertz CT molecular complexity index is 295. The summed E-state index contributed by atoms with van der Waals surface area (Å²) in [5.74, 6) is -0.448. The zero-order valence-electron chi connectivity index (χ0n) is 10.9. The number of carbonyl (C=O) groups is 2. The van der Waals surface area contributed by atoms with Gasteiger partial charge in [0, 0.05) is 6.42 Å². The fourth-order valence-electron chi connectivity index (χ4n) is 2.44. The van der Waals surface area contributed by atoms with Crippen molar-refractivity contribution in [3.05, 3.63) is 12.7 Å². The van der Waals surface area contributed by atoms with Gasteiger partial charge >= 0.3 is 5.97 Å². The van der Waals surface area contributed by atoms with Crippen molar-refractivity contribution in [2.45, 2.75) is 57.4 Å². The molecule has 0 spiro atoms. The molecule has 0 radical (unpaired) electrons. The van der Waals surface area contributed by atoms with Gasteiger partial charge < -0.3 is 10.4 Å². The summed E-state index contributed by atoms with van der Waals surface area (Å²) in [6.45, 7) is 3.55. The number of nitrogens with one attached hydrogen (secondary N) is 1. The van der Waals surface area contributed by atoms with Gasteiger partial charge in [-0.25, -0.2) is 4.79 Å². The molecule has 1 aliphatic carbocycles. The van der Waals surface area contributed by atoms with Crippen molar-refractivity contribution >= 4 is 11.9 Å². The van der Waals surface area contributed by atoms with Crippen LogP contribution in [0.25, 0.3) is 0 Å². The third kappa shape index (κ3) is 5.34. The molecule has 0 bridgehead atoms. The van der Waals surface area contributed by atoms with E-state index in [1.807, 2.05) is 0 Å². The smallest absolute Gasteiger partial charge is 0.326 e.